The van der Waals surface area contributed by atoms with E-state index in [1.807, 2.05) is 11.9 Å². The highest BCUT2D eigenvalue weighted by Crippen LogP contribution is 2.27. The molecule has 2 fully saturated rings. The summed E-state index contributed by atoms with van der Waals surface area (Å²) in [5.41, 5.74) is -0.274. The van der Waals surface area contributed by atoms with Crippen LogP contribution < -0.4 is 5.32 Å². The lowest BCUT2D eigenvalue weighted by Gasteiger charge is -2.41. The molecule has 2 aliphatic rings. The second-order valence-electron chi connectivity index (χ2n) is 6.74. The summed E-state index contributed by atoms with van der Waals surface area (Å²) >= 11 is 0. The van der Waals surface area contributed by atoms with Gasteiger partial charge in [0, 0.05) is 32.2 Å². The van der Waals surface area contributed by atoms with Crippen LogP contribution in [0.4, 0.5) is 0 Å². The van der Waals surface area contributed by atoms with Crippen molar-refractivity contribution in [2.45, 2.75) is 70.5 Å². The second kappa shape index (κ2) is 9.31. The molecule has 1 atom stereocenters. The maximum atomic E-state index is 12.9. The molecule has 0 aromatic rings. The number of nitrogens with zero attached hydrogens (tertiary/aromatic N) is 2. The molecule has 4 nitrogen and oxygen atoms in total. The van der Waals surface area contributed by atoms with Crippen LogP contribution in [0.15, 0.2) is 0 Å². The lowest BCUT2D eigenvalue weighted by molar-refractivity contribution is -0.139. The lowest BCUT2D eigenvalue weighted by Crippen LogP contribution is -2.57. The second-order valence-corrected chi connectivity index (χ2v) is 6.74. The van der Waals surface area contributed by atoms with Crippen LogP contribution >= 0.6 is 24.8 Å². The molecule has 22 heavy (non-hydrogen) atoms. The molecular formula is C16H33Cl2N3O. The Hall–Kier alpha value is -0.0300. The predicted octanol–water partition coefficient (Wildman–Crippen LogP) is 2.69. The number of hydrogen-bond acceptors (Lipinski definition) is 3. The van der Waals surface area contributed by atoms with E-state index in [2.05, 4.69) is 31.0 Å². The predicted molar refractivity (Wildman–Crippen MR) is 97.3 cm³/mol. The first-order valence-corrected chi connectivity index (χ1v) is 8.26. The fourth-order valence-electron chi connectivity index (χ4n) is 3.73. The number of rotatable bonds is 4. The van der Waals surface area contributed by atoms with E-state index in [-0.39, 0.29) is 30.4 Å². The Labute approximate surface area is 148 Å². The Morgan fingerprint density at radius 2 is 1.91 bits per heavy atom. The molecular weight excluding hydrogens is 321 g/mol. The standard InChI is InChI=1S/C16H31N3O.2ClH/c1-5-16(9-6-10-17-16)15(20)18(4)14-7-11-19(12-8-14)13(2)3;;/h13-14,17H,5-12H2,1-4H3;2*1H. The smallest absolute Gasteiger partial charge is 0.242 e. The number of likely N-dealkylation sites (N-methyl/N-ethyl adjacent to an activating group) is 1. The molecule has 2 saturated heterocycles. The molecule has 0 spiro atoms. The summed E-state index contributed by atoms with van der Waals surface area (Å²) in [7, 11) is 2.01. The molecule has 1 amide bonds. The number of halogens is 2. The largest absolute Gasteiger partial charge is 0.341 e. The third kappa shape index (κ3) is 4.50. The van der Waals surface area contributed by atoms with E-state index in [1.54, 1.807) is 0 Å². The molecule has 0 radical (unpaired) electrons. The quantitative estimate of drug-likeness (QED) is 0.843. The van der Waals surface area contributed by atoms with Gasteiger partial charge in [-0.3, -0.25) is 4.79 Å². The van der Waals surface area contributed by atoms with Crippen molar-refractivity contribution < 1.29 is 4.79 Å². The van der Waals surface area contributed by atoms with Crippen LogP contribution in [0.25, 0.3) is 0 Å². The van der Waals surface area contributed by atoms with Crippen molar-refractivity contribution in [3.8, 4) is 0 Å². The van der Waals surface area contributed by atoms with E-state index in [1.165, 1.54) is 0 Å². The summed E-state index contributed by atoms with van der Waals surface area (Å²) in [5.74, 6) is 0.320. The van der Waals surface area contributed by atoms with Gasteiger partial charge in [-0.2, -0.15) is 0 Å². The Bertz CT molecular complexity index is 338. The number of nitrogens with one attached hydrogen (secondary N) is 1. The summed E-state index contributed by atoms with van der Waals surface area (Å²) in [6.45, 7) is 9.86. The van der Waals surface area contributed by atoms with Gasteiger partial charge in [0.15, 0.2) is 0 Å². The molecule has 2 heterocycles. The monoisotopic (exact) mass is 353 g/mol. The van der Waals surface area contributed by atoms with E-state index in [0.717, 1.165) is 51.7 Å². The molecule has 0 aromatic carbocycles. The van der Waals surface area contributed by atoms with Crippen LogP contribution in [0.2, 0.25) is 0 Å². The molecule has 1 N–H and O–H groups in total. The van der Waals surface area contributed by atoms with Gasteiger partial charge in [0.05, 0.1) is 5.54 Å². The number of carbonyl (C=O) groups excluding carboxylic acids is 1. The maximum Gasteiger partial charge on any atom is 0.242 e. The van der Waals surface area contributed by atoms with E-state index in [4.69, 9.17) is 0 Å². The summed E-state index contributed by atoms with van der Waals surface area (Å²) in [5, 5.41) is 3.46. The molecule has 132 valence electrons. The minimum atomic E-state index is -0.274. The average Bonchev–Trinajstić information content (AvgIpc) is 2.96. The van der Waals surface area contributed by atoms with E-state index in [9.17, 15) is 4.79 Å². The number of piperidine rings is 1. The van der Waals surface area contributed by atoms with Crippen LogP contribution in [-0.2, 0) is 4.79 Å². The molecule has 1 unspecified atom stereocenters. The van der Waals surface area contributed by atoms with Crippen molar-refractivity contribution in [3.05, 3.63) is 0 Å². The summed E-state index contributed by atoms with van der Waals surface area (Å²) in [4.78, 5) is 17.4. The maximum absolute atomic E-state index is 12.9. The van der Waals surface area contributed by atoms with Gasteiger partial charge in [0.25, 0.3) is 0 Å². The molecule has 6 heteroatoms. The third-order valence-electron chi connectivity index (χ3n) is 5.35. The first-order valence-electron chi connectivity index (χ1n) is 8.26. The van der Waals surface area contributed by atoms with Crippen molar-refractivity contribution in [2.75, 3.05) is 26.7 Å². The zero-order valence-corrected chi connectivity index (χ0v) is 16.1. The Morgan fingerprint density at radius 1 is 1.32 bits per heavy atom. The molecule has 2 rings (SSSR count). The minimum Gasteiger partial charge on any atom is -0.341 e. The fraction of sp³-hybridized carbons (Fsp3) is 0.938. The third-order valence-corrected chi connectivity index (χ3v) is 5.35. The van der Waals surface area contributed by atoms with Gasteiger partial charge >= 0.3 is 0 Å². The summed E-state index contributed by atoms with van der Waals surface area (Å²) in [6, 6.07) is 1.04. The first kappa shape index (κ1) is 22.0. The van der Waals surface area contributed by atoms with E-state index in [0.29, 0.717) is 18.0 Å². The highest BCUT2D eigenvalue weighted by atomic mass is 35.5. The average molecular weight is 354 g/mol. The van der Waals surface area contributed by atoms with Crippen molar-refractivity contribution in [3.63, 3.8) is 0 Å². The minimum absolute atomic E-state index is 0. The van der Waals surface area contributed by atoms with Crippen molar-refractivity contribution >= 4 is 30.7 Å². The van der Waals surface area contributed by atoms with Crippen molar-refractivity contribution in [1.82, 2.24) is 15.1 Å². The highest BCUT2D eigenvalue weighted by molar-refractivity contribution is 5.87. The number of amides is 1. The van der Waals surface area contributed by atoms with E-state index >= 15 is 0 Å². The fourth-order valence-corrected chi connectivity index (χ4v) is 3.73. The Kier molecular flexibility index (Phi) is 9.30. The van der Waals surface area contributed by atoms with Crippen LogP contribution in [0.5, 0.6) is 0 Å². The Balaban J connectivity index is 0.00000220. The van der Waals surface area contributed by atoms with Crippen LogP contribution in [0, 0.1) is 0 Å². The number of carbonyl (C=O) groups is 1. The molecule has 0 aromatic heterocycles. The summed E-state index contributed by atoms with van der Waals surface area (Å²) < 4.78 is 0. The van der Waals surface area contributed by atoms with Gasteiger partial charge in [-0.15, -0.1) is 24.8 Å². The van der Waals surface area contributed by atoms with Gasteiger partial charge < -0.3 is 15.1 Å². The summed E-state index contributed by atoms with van der Waals surface area (Å²) in [6.07, 6.45) is 5.25. The lowest BCUT2D eigenvalue weighted by atomic mass is 9.91. The number of hydrogen-bond donors (Lipinski definition) is 1. The Morgan fingerprint density at radius 3 is 2.32 bits per heavy atom. The van der Waals surface area contributed by atoms with Crippen LogP contribution in [-0.4, -0.2) is 60.0 Å². The van der Waals surface area contributed by atoms with Crippen molar-refractivity contribution in [2.24, 2.45) is 0 Å². The molecule has 2 aliphatic heterocycles. The van der Waals surface area contributed by atoms with E-state index < -0.39 is 0 Å². The van der Waals surface area contributed by atoms with Gasteiger partial charge in [-0.25, -0.2) is 0 Å². The molecule has 0 bridgehead atoms. The topological polar surface area (TPSA) is 35.6 Å². The molecule has 0 aliphatic carbocycles. The van der Waals surface area contributed by atoms with Crippen molar-refractivity contribution in [1.29, 1.82) is 0 Å². The normalized spacial score (nSPS) is 26.4. The van der Waals surface area contributed by atoms with Gasteiger partial charge in [-0.05, 0) is 52.5 Å². The zero-order valence-electron chi connectivity index (χ0n) is 14.4. The van der Waals surface area contributed by atoms with Crippen LogP contribution in [0.3, 0.4) is 0 Å². The van der Waals surface area contributed by atoms with Gasteiger partial charge in [0.2, 0.25) is 5.91 Å². The van der Waals surface area contributed by atoms with Crippen LogP contribution in [0.1, 0.15) is 52.9 Å². The molecule has 0 saturated carbocycles. The SMILES string of the molecule is CCC1(C(=O)N(C)C2CCN(C(C)C)CC2)CCCN1.Cl.Cl. The zero-order chi connectivity index (χ0) is 14.8. The van der Waals surface area contributed by atoms with Gasteiger partial charge in [0.1, 0.15) is 0 Å². The highest BCUT2D eigenvalue weighted by Gasteiger charge is 2.42. The number of likely N-dealkylation sites (tertiary alicyclic amines) is 1. The first-order chi connectivity index (χ1) is 9.50. The van der Waals surface area contributed by atoms with Gasteiger partial charge in [-0.1, -0.05) is 6.92 Å².